The molecule has 0 atom stereocenters. The van der Waals surface area contributed by atoms with Crippen molar-refractivity contribution in [3.05, 3.63) is 23.7 Å². The van der Waals surface area contributed by atoms with Gasteiger partial charge in [-0.15, -0.1) is 0 Å². The van der Waals surface area contributed by atoms with Crippen molar-refractivity contribution >= 4 is 17.2 Å². The summed E-state index contributed by atoms with van der Waals surface area (Å²) in [4.78, 5) is 8.30. The third-order valence-electron chi connectivity index (χ3n) is 2.41. The number of nitrogens with zero attached hydrogens (tertiary/aromatic N) is 4. The highest BCUT2D eigenvalue weighted by atomic mass is 15.3. The van der Waals surface area contributed by atoms with E-state index in [1.165, 1.54) is 6.33 Å². The van der Waals surface area contributed by atoms with Crippen LogP contribution in [-0.4, -0.2) is 20.4 Å². The van der Waals surface area contributed by atoms with Gasteiger partial charge in [0.05, 0.1) is 0 Å². The van der Waals surface area contributed by atoms with Crippen molar-refractivity contribution in [3.8, 4) is 0 Å². The van der Waals surface area contributed by atoms with Gasteiger partial charge in [0.1, 0.15) is 17.7 Å². The molecular formula is C9H9N5. The minimum atomic E-state index is 0.615. The van der Waals surface area contributed by atoms with E-state index in [1.54, 1.807) is 0 Å². The molecule has 5 nitrogen and oxygen atoms in total. The van der Waals surface area contributed by atoms with Crippen LogP contribution in [0.4, 0.5) is 5.82 Å². The lowest BCUT2D eigenvalue weighted by Crippen LogP contribution is -2.17. The Morgan fingerprint density at radius 2 is 2.36 bits per heavy atom. The van der Waals surface area contributed by atoms with E-state index in [9.17, 15) is 0 Å². The minimum absolute atomic E-state index is 0.615. The van der Waals surface area contributed by atoms with Crippen LogP contribution >= 0.6 is 0 Å². The molecular weight excluding hydrogens is 178 g/mol. The number of hydrogen-bond donors (Lipinski definition) is 1. The van der Waals surface area contributed by atoms with Crippen molar-refractivity contribution in [2.45, 2.75) is 13.3 Å². The van der Waals surface area contributed by atoms with Crippen LogP contribution < -0.4 is 5.73 Å². The molecule has 0 aromatic carbocycles. The summed E-state index contributed by atoms with van der Waals surface area (Å²) in [5.41, 5.74) is 8.94. The summed E-state index contributed by atoms with van der Waals surface area (Å²) in [5, 5.41) is 4.16. The Morgan fingerprint density at radius 1 is 1.50 bits per heavy atom. The van der Waals surface area contributed by atoms with Crippen molar-refractivity contribution in [1.29, 1.82) is 0 Å². The van der Waals surface area contributed by atoms with Gasteiger partial charge in [-0.25, -0.2) is 14.5 Å². The largest absolute Gasteiger partial charge is 0.387 e. The minimum Gasteiger partial charge on any atom is -0.387 e. The number of aryl methyl sites for hydroxylation is 1. The topological polar surface area (TPSA) is 68.6 Å². The molecule has 1 aliphatic rings. The van der Waals surface area contributed by atoms with Gasteiger partial charge in [-0.1, -0.05) is 0 Å². The van der Waals surface area contributed by atoms with Crippen molar-refractivity contribution in [3.63, 3.8) is 0 Å². The van der Waals surface area contributed by atoms with Crippen LogP contribution in [0.25, 0.3) is 5.52 Å². The zero-order valence-electron chi connectivity index (χ0n) is 7.73. The first-order valence-corrected chi connectivity index (χ1v) is 4.41. The molecule has 0 amide bonds. The van der Waals surface area contributed by atoms with Crippen molar-refractivity contribution in [1.82, 2.24) is 14.6 Å². The van der Waals surface area contributed by atoms with Gasteiger partial charge in [-0.05, 0) is 18.6 Å². The van der Waals surface area contributed by atoms with Crippen LogP contribution in [0.2, 0.25) is 0 Å². The molecule has 0 spiro atoms. The molecule has 0 aliphatic carbocycles. The zero-order valence-corrected chi connectivity index (χ0v) is 7.73. The predicted molar refractivity (Wildman–Crippen MR) is 52.7 cm³/mol. The Hall–Kier alpha value is -1.91. The lowest BCUT2D eigenvalue weighted by molar-refractivity contribution is 0.868. The Kier molecular flexibility index (Phi) is 1.24. The monoisotopic (exact) mass is 187 g/mol. The molecule has 2 aromatic heterocycles. The van der Waals surface area contributed by atoms with Crippen LogP contribution in [-0.2, 0) is 6.42 Å². The summed E-state index contributed by atoms with van der Waals surface area (Å²) in [6, 6.07) is 2.08. The fourth-order valence-corrected chi connectivity index (χ4v) is 1.86. The van der Waals surface area contributed by atoms with Crippen LogP contribution in [0.3, 0.4) is 0 Å². The van der Waals surface area contributed by atoms with Gasteiger partial charge in [0, 0.05) is 12.1 Å². The van der Waals surface area contributed by atoms with Crippen LogP contribution in [0, 0.1) is 6.92 Å². The third-order valence-corrected chi connectivity index (χ3v) is 2.41. The maximum absolute atomic E-state index is 5.71. The molecule has 14 heavy (non-hydrogen) atoms. The highest BCUT2D eigenvalue weighted by molar-refractivity contribution is 5.93. The molecule has 0 fully saturated rings. The van der Waals surface area contributed by atoms with E-state index >= 15 is 0 Å². The van der Waals surface area contributed by atoms with Crippen LogP contribution in [0.5, 0.6) is 0 Å². The SMILES string of the molecule is Cc1cc2c3c(ncnn13)N=C(N)C2. The lowest BCUT2D eigenvalue weighted by Gasteiger charge is -2.08. The van der Waals surface area contributed by atoms with Gasteiger partial charge in [0.15, 0.2) is 5.82 Å². The Bertz CT molecular complexity index is 552. The second kappa shape index (κ2) is 2.31. The first-order valence-electron chi connectivity index (χ1n) is 4.41. The number of aromatic nitrogens is 3. The highest BCUT2D eigenvalue weighted by Crippen LogP contribution is 2.27. The van der Waals surface area contributed by atoms with E-state index in [0.29, 0.717) is 18.1 Å². The van der Waals surface area contributed by atoms with Crippen molar-refractivity contribution in [2.24, 2.45) is 10.7 Å². The number of amidine groups is 1. The van der Waals surface area contributed by atoms with Gasteiger partial charge < -0.3 is 5.73 Å². The zero-order chi connectivity index (χ0) is 9.71. The molecule has 3 rings (SSSR count). The van der Waals surface area contributed by atoms with Gasteiger partial charge in [-0.3, -0.25) is 0 Å². The Balaban J connectivity index is 2.49. The average molecular weight is 187 g/mol. The number of rotatable bonds is 0. The first-order chi connectivity index (χ1) is 6.75. The maximum atomic E-state index is 5.71. The summed E-state index contributed by atoms with van der Waals surface area (Å²) in [6.45, 7) is 2.01. The van der Waals surface area contributed by atoms with Gasteiger partial charge in [-0.2, -0.15) is 5.10 Å². The van der Waals surface area contributed by atoms with E-state index in [-0.39, 0.29) is 0 Å². The number of aliphatic imine (C=N–C) groups is 1. The molecule has 0 radical (unpaired) electrons. The average Bonchev–Trinajstić information content (AvgIpc) is 2.45. The van der Waals surface area contributed by atoms with E-state index < -0.39 is 0 Å². The Morgan fingerprint density at radius 3 is 3.21 bits per heavy atom. The molecule has 0 unspecified atom stereocenters. The fraction of sp³-hybridized carbons (Fsp3) is 0.222. The first kappa shape index (κ1) is 7.49. The van der Waals surface area contributed by atoms with Crippen molar-refractivity contribution < 1.29 is 0 Å². The molecule has 5 heteroatoms. The maximum Gasteiger partial charge on any atom is 0.181 e. The molecule has 3 heterocycles. The number of nitrogens with two attached hydrogens (primary N) is 1. The van der Waals surface area contributed by atoms with E-state index in [1.807, 2.05) is 11.4 Å². The molecule has 0 bridgehead atoms. The van der Waals surface area contributed by atoms with Gasteiger partial charge in [0.2, 0.25) is 0 Å². The second-order valence-electron chi connectivity index (χ2n) is 3.43. The smallest absolute Gasteiger partial charge is 0.181 e. The van der Waals surface area contributed by atoms with Crippen LogP contribution in [0.1, 0.15) is 11.3 Å². The van der Waals surface area contributed by atoms with Crippen molar-refractivity contribution in [2.75, 3.05) is 0 Å². The van der Waals surface area contributed by atoms with E-state index in [4.69, 9.17) is 5.73 Å². The lowest BCUT2D eigenvalue weighted by atomic mass is 10.1. The molecule has 2 N–H and O–H groups in total. The Labute approximate surface area is 80.3 Å². The summed E-state index contributed by atoms with van der Waals surface area (Å²) >= 11 is 0. The predicted octanol–water partition coefficient (Wildman–Crippen LogP) is 0.583. The third kappa shape index (κ3) is 0.810. The molecule has 0 saturated carbocycles. The standard InChI is InChI=1S/C9H9N5/c1-5-2-6-3-7(10)13-9-8(6)14(5)12-4-11-9/h2,4H,3H2,1H3,(H2,10,11,12,13). The summed E-state index contributed by atoms with van der Waals surface area (Å²) in [5.74, 6) is 1.29. The van der Waals surface area contributed by atoms with Crippen LogP contribution in [0.15, 0.2) is 17.4 Å². The van der Waals surface area contributed by atoms with Gasteiger partial charge >= 0.3 is 0 Å². The normalized spacial score (nSPS) is 14.5. The van der Waals surface area contributed by atoms with Gasteiger partial charge in [0.25, 0.3) is 0 Å². The fourth-order valence-electron chi connectivity index (χ4n) is 1.86. The summed E-state index contributed by atoms with van der Waals surface area (Å²) in [7, 11) is 0. The van der Waals surface area contributed by atoms with E-state index in [0.717, 1.165) is 16.8 Å². The molecule has 1 aliphatic heterocycles. The summed E-state index contributed by atoms with van der Waals surface area (Å²) < 4.78 is 1.85. The number of hydrogen-bond acceptors (Lipinski definition) is 4. The molecule has 0 saturated heterocycles. The quantitative estimate of drug-likeness (QED) is 0.656. The highest BCUT2D eigenvalue weighted by Gasteiger charge is 2.17. The van der Waals surface area contributed by atoms with E-state index in [2.05, 4.69) is 21.1 Å². The second-order valence-corrected chi connectivity index (χ2v) is 3.43. The molecule has 70 valence electrons. The molecule has 2 aromatic rings. The summed E-state index contributed by atoms with van der Waals surface area (Å²) in [6.07, 6.45) is 2.19.